The lowest BCUT2D eigenvalue weighted by Gasteiger charge is -1.94. The van der Waals surface area contributed by atoms with Crippen LogP contribution in [-0.4, -0.2) is 5.11 Å². The molecule has 0 aliphatic carbocycles. The molecule has 0 heterocycles. The van der Waals surface area contributed by atoms with E-state index in [4.69, 9.17) is 5.11 Å². The van der Waals surface area contributed by atoms with Crippen molar-refractivity contribution in [3.63, 3.8) is 0 Å². The van der Waals surface area contributed by atoms with Crippen LogP contribution in [0.1, 0.15) is 13.8 Å². The summed E-state index contributed by atoms with van der Waals surface area (Å²) in [7, 11) is 0. The van der Waals surface area contributed by atoms with Crippen molar-refractivity contribution < 1.29 is 5.11 Å². The summed E-state index contributed by atoms with van der Waals surface area (Å²) in [6, 6.07) is 0. The molecule has 0 saturated heterocycles. The van der Waals surface area contributed by atoms with Crippen molar-refractivity contribution >= 4 is 0 Å². The number of allylic oxidation sites excluding steroid dienone is 3. The molecule has 1 nitrogen and oxygen atoms in total. The Labute approximate surface area is 56.0 Å². The highest BCUT2D eigenvalue weighted by atomic mass is 16.3. The first-order chi connectivity index (χ1) is 4.22. The van der Waals surface area contributed by atoms with Crippen LogP contribution >= 0.6 is 0 Å². The predicted molar refractivity (Wildman–Crippen MR) is 40.3 cm³/mol. The second-order valence-electron chi connectivity index (χ2n) is 1.70. The minimum absolute atomic E-state index is 0.244. The van der Waals surface area contributed by atoms with Crippen LogP contribution < -0.4 is 0 Å². The lowest BCUT2D eigenvalue weighted by Crippen LogP contribution is -1.79. The number of hydrogen-bond donors (Lipinski definition) is 1. The molecule has 0 rings (SSSR count). The van der Waals surface area contributed by atoms with E-state index in [1.807, 2.05) is 13.0 Å². The zero-order valence-electron chi connectivity index (χ0n) is 5.89. The Balaban J connectivity index is 4.05. The minimum Gasteiger partial charge on any atom is -0.508 e. The predicted octanol–water partition coefficient (Wildman–Crippen LogP) is 2.58. The molecule has 0 unspecified atom stereocenters. The normalized spacial score (nSPS) is 12.4. The maximum atomic E-state index is 8.97. The summed E-state index contributed by atoms with van der Waals surface area (Å²) in [5.41, 5.74) is 0.653. The third-order valence-corrected chi connectivity index (χ3v) is 0.970. The first-order valence-electron chi connectivity index (χ1n) is 2.89. The number of rotatable bonds is 2. The molecule has 0 aliphatic heterocycles. The van der Waals surface area contributed by atoms with E-state index >= 15 is 0 Å². The van der Waals surface area contributed by atoms with Gasteiger partial charge in [-0.2, -0.15) is 0 Å². The Bertz CT molecular complexity index is 152. The van der Waals surface area contributed by atoms with Gasteiger partial charge < -0.3 is 5.11 Å². The molecule has 0 aromatic rings. The zero-order chi connectivity index (χ0) is 7.28. The standard InChI is InChI=1S/C8H12O/c1-4-6-7(3)8(9)5-2/h4-6,9H,3H2,1-2H3/b6-4-,8-5+. The Morgan fingerprint density at radius 1 is 1.44 bits per heavy atom. The second kappa shape index (κ2) is 3.96. The van der Waals surface area contributed by atoms with Crippen molar-refractivity contribution in [2.75, 3.05) is 0 Å². The van der Waals surface area contributed by atoms with Crippen LogP contribution in [0.5, 0.6) is 0 Å². The van der Waals surface area contributed by atoms with Crippen LogP contribution in [0.2, 0.25) is 0 Å². The molecule has 0 aromatic carbocycles. The van der Waals surface area contributed by atoms with Gasteiger partial charge in [0.2, 0.25) is 0 Å². The van der Waals surface area contributed by atoms with Gasteiger partial charge in [0.15, 0.2) is 0 Å². The fraction of sp³-hybridized carbons (Fsp3) is 0.250. The number of hydrogen-bond acceptors (Lipinski definition) is 1. The van der Waals surface area contributed by atoms with E-state index in [1.165, 1.54) is 0 Å². The van der Waals surface area contributed by atoms with E-state index in [1.54, 1.807) is 19.1 Å². The maximum Gasteiger partial charge on any atom is 0.117 e. The Morgan fingerprint density at radius 3 is 2.33 bits per heavy atom. The molecular weight excluding hydrogens is 112 g/mol. The van der Waals surface area contributed by atoms with Gasteiger partial charge in [-0.25, -0.2) is 0 Å². The topological polar surface area (TPSA) is 20.2 Å². The van der Waals surface area contributed by atoms with Gasteiger partial charge in [0, 0.05) is 5.57 Å². The molecule has 0 aliphatic rings. The van der Waals surface area contributed by atoms with Crippen molar-refractivity contribution in [3.8, 4) is 0 Å². The summed E-state index contributed by atoms with van der Waals surface area (Å²) in [5, 5.41) is 8.97. The quantitative estimate of drug-likeness (QED) is 0.443. The summed E-state index contributed by atoms with van der Waals surface area (Å²) in [6.07, 6.45) is 5.21. The molecule has 0 fully saturated rings. The van der Waals surface area contributed by atoms with Gasteiger partial charge >= 0.3 is 0 Å². The molecule has 9 heavy (non-hydrogen) atoms. The third kappa shape index (κ3) is 2.75. The van der Waals surface area contributed by atoms with Crippen LogP contribution in [0.15, 0.2) is 36.1 Å². The lowest BCUT2D eigenvalue weighted by atomic mass is 10.2. The van der Waals surface area contributed by atoms with E-state index in [0.717, 1.165) is 0 Å². The third-order valence-electron chi connectivity index (χ3n) is 0.970. The first-order valence-corrected chi connectivity index (χ1v) is 2.89. The average Bonchev–Trinajstić information content (AvgIpc) is 1.87. The molecule has 1 heteroatoms. The molecule has 0 amide bonds. The highest BCUT2D eigenvalue weighted by Gasteiger charge is 1.89. The Kier molecular flexibility index (Phi) is 3.52. The summed E-state index contributed by atoms with van der Waals surface area (Å²) in [6.45, 7) is 7.26. The van der Waals surface area contributed by atoms with Crippen molar-refractivity contribution in [1.29, 1.82) is 0 Å². The van der Waals surface area contributed by atoms with E-state index in [9.17, 15) is 0 Å². The molecular formula is C8H12O. The highest BCUT2D eigenvalue weighted by Crippen LogP contribution is 2.03. The van der Waals surface area contributed by atoms with Crippen molar-refractivity contribution in [3.05, 3.63) is 36.1 Å². The molecule has 0 aromatic heterocycles. The fourth-order valence-corrected chi connectivity index (χ4v) is 0.472. The van der Waals surface area contributed by atoms with Gasteiger partial charge in [-0.05, 0) is 19.9 Å². The van der Waals surface area contributed by atoms with Crippen molar-refractivity contribution in [2.45, 2.75) is 13.8 Å². The summed E-state index contributed by atoms with van der Waals surface area (Å²) in [4.78, 5) is 0. The lowest BCUT2D eigenvalue weighted by molar-refractivity contribution is 0.425. The van der Waals surface area contributed by atoms with Crippen LogP contribution in [0.3, 0.4) is 0 Å². The Hall–Kier alpha value is -0.980. The van der Waals surface area contributed by atoms with Gasteiger partial charge in [0.25, 0.3) is 0 Å². The molecule has 0 radical (unpaired) electrons. The molecule has 0 spiro atoms. The Morgan fingerprint density at radius 2 is 2.00 bits per heavy atom. The minimum atomic E-state index is 0.244. The average molecular weight is 124 g/mol. The summed E-state index contributed by atoms with van der Waals surface area (Å²) < 4.78 is 0. The highest BCUT2D eigenvalue weighted by molar-refractivity contribution is 5.31. The van der Waals surface area contributed by atoms with Crippen LogP contribution in [0.4, 0.5) is 0 Å². The maximum absolute atomic E-state index is 8.97. The van der Waals surface area contributed by atoms with Gasteiger partial charge in [-0.3, -0.25) is 0 Å². The molecule has 0 bridgehead atoms. The van der Waals surface area contributed by atoms with Gasteiger partial charge in [0.1, 0.15) is 5.76 Å². The zero-order valence-corrected chi connectivity index (χ0v) is 5.89. The molecule has 50 valence electrons. The van der Waals surface area contributed by atoms with Crippen LogP contribution in [0.25, 0.3) is 0 Å². The smallest absolute Gasteiger partial charge is 0.117 e. The molecule has 0 saturated carbocycles. The van der Waals surface area contributed by atoms with E-state index in [2.05, 4.69) is 6.58 Å². The molecule has 0 atom stereocenters. The summed E-state index contributed by atoms with van der Waals surface area (Å²) in [5.74, 6) is 0.244. The van der Waals surface area contributed by atoms with Crippen molar-refractivity contribution in [1.82, 2.24) is 0 Å². The first kappa shape index (κ1) is 8.02. The number of aliphatic hydroxyl groups is 1. The fourth-order valence-electron chi connectivity index (χ4n) is 0.472. The second-order valence-corrected chi connectivity index (χ2v) is 1.70. The SMILES string of the molecule is C=C(/C=C\C)/C(O)=C\C. The van der Waals surface area contributed by atoms with Crippen molar-refractivity contribution in [2.24, 2.45) is 0 Å². The van der Waals surface area contributed by atoms with Crippen LogP contribution in [0, 0.1) is 0 Å². The number of aliphatic hydroxyl groups excluding tert-OH is 1. The monoisotopic (exact) mass is 124 g/mol. The van der Waals surface area contributed by atoms with E-state index in [0.29, 0.717) is 5.57 Å². The largest absolute Gasteiger partial charge is 0.508 e. The van der Waals surface area contributed by atoms with E-state index in [-0.39, 0.29) is 5.76 Å². The summed E-state index contributed by atoms with van der Waals surface area (Å²) >= 11 is 0. The van der Waals surface area contributed by atoms with Gasteiger partial charge in [-0.1, -0.05) is 18.7 Å². The van der Waals surface area contributed by atoms with Crippen LogP contribution in [-0.2, 0) is 0 Å². The van der Waals surface area contributed by atoms with E-state index < -0.39 is 0 Å². The van der Waals surface area contributed by atoms with Gasteiger partial charge in [-0.15, -0.1) is 0 Å². The molecule has 1 N–H and O–H groups in total. The van der Waals surface area contributed by atoms with Gasteiger partial charge in [0.05, 0.1) is 0 Å².